The van der Waals surface area contributed by atoms with Crippen molar-refractivity contribution in [2.45, 2.75) is 62.8 Å². The molecule has 0 aromatic carbocycles. The van der Waals surface area contributed by atoms with Crippen molar-refractivity contribution in [2.24, 2.45) is 0 Å². The predicted octanol–water partition coefficient (Wildman–Crippen LogP) is 1.54. The molecule has 0 bridgehead atoms. The van der Waals surface area contributed by atoms with E-state index in [1.807, 2.05) is 22.7 Å². The Labute approximate surface area is 137 Å². The number of rotatable bonds is 4. The minimum Gasteiger partial charge on any atom is -0.336 e. The molecule has 2 aliphatic rings. The van der Waals surface area contributed by atoms with E-state index in [4.69, 9.17) is 0 Å². The van der Waals surface area contributed by atoms with E-state index in [0.717, 1.165) is 31.2 Å². The number of aromatic nitrogens is 2. The molecule has 1 saturated heterocycles. The van der Waals surface area contributed by atoms with Crippen LogP contribution in [0.4, 0.5) is 0 Å². The highest BCUT2D eigenvalue weighted by molar-refractivity contribution is 7.92. The van der Waals surface area contributed by atoms with Crippen LogP contribution >= 0.6 is 0 Å². The highest BCUT2D eigenvalue weighted by Crippen LogP contribution is 2.39. The molecule has 6 nitrogen and oxygen atoms in total. The van der Waals surface area contributed by atoms with Gasteiger partial charge in [0.1, 0.15) is 0 Å². The van der Waals surface area contributed by atoms with Gasteiger partial charge in [-0.1, -0.05) is 12.8 Å². The third kappa shape index (κ3) is 2.91. The number of nitrogens with zero attached hydrogens (tertiary/aromatic N) is 3. The summed E-state index contributed by atoms with van der Waals surface area (Å²) in [5.41, 5.74) is 1.09. The molecule has 1 aliphatic carbocycles. The summed E-state index contributed by atoms with van der Waals surface area (Å²) < 4.78 is 25.4. The molecule has 0 N–H and O–H groups in total. The number of amides is 1. The number of sulfone groups is 1. The van der Waals surface area contributed by atoms with E-state index in [-0.39, 0.29) is 11.9 Å². The van der Waals surface area contributed by atoms with Crippen molar-refractivity contribution in [3.05, 3.63) is 18.0 Å². The number of aryl methyl sites for hydroxylation is 1. The molecule has 2 heterocycles. The molecular weight excluding hydrogens is 314 g/mol. The second kappa shape index (κ2) is 5.92. The zero-order valence-electron chi connectivity index (χ0n) is 13.9. The van der Waals surface area contributed by atoms with Gasteiger partial charge in [-0.3, -0.25) is 9.48 Å². The molecule has 1 aromatic heterocycles. The second-order valence-electron chi connectivity index (χ2n) is 7.01. The van der Waals surface area contributed by atoms with Gasteiger partial charge in [0.15, 0.2) is 14.6 Å². The van der Waals surface area contributed by atoms with E-state index >= 15 is 0 Å². The lowest BCUT2D eigenvalue weighted by atomic mass is 10.0. The Morgan fingerprint density at radius 3 is 2.61 bits per heavy atom. The lowest BCUT2D eigenvalue weighted by Gasteiger charge is -2.34. The summed E-state index contributed by atoms with van der Waals surface area (Å²) in [6.07, 6.45) is 9.38. The molecule has 0 spiro atoms. The number of likely N-dealkylation sites (tertiary alicyclic amines) is 1. The first-order chi connectivity index (χ1) is 10.8. The SMILES string of the molecule is Cc1cnn(C[C@@H]2CCCN2C(=O)C2(S(C)(=O)=O)CCCC2)c1. The van der Waals surface area contributed by atoms with Crippen molar-refractivity contribution in [1.82, 2.24) is 14.7 Å². The zero-order chi connectivity index (χ0) is 16.7. The molecule has 1 atom stereocenters. The molecule has 7 heteroatoms. The van der Waals surface area contributed by atoms with Gasteiger partial charge in [-0.15, -0.1) is 0 Å². The molecule has 0 radical (unpaired) electrons. The molecule has 3 rings (SSSR count). The molecule has 1 aromatic rings. The molecule has 2 fully saturated rings. The second-order valence-corrected chi connectivity index (χ2v) is 9.33. The van der Waals surface area contributed by atoms with E-state index in [1.54, 1.807) is 6.20 Å². The maximum Gasteiger partial charge on any atom is 0.244 e. The summed E-state index contributed by atoms with van der Waals surface area (Å²) in [6.45, 7) is 3.28. The Bertz CT molecular complexity index is 689. The molecule has 128 valence electrons. The zero-order valence-corrected chi connectivity index (χ0v) is 14.7. The monoisotopic (exact) mass is 339 g/mol. The average molecular weight is 339 g/mol. The Morgan fingerprint density at radius 1 is 1.35 bits per heavy atom. The van der Waals surface area contributed by atoms with E-state index in [1.165, 1.54) is 6.26 Å². The van der Waals surface area contributed by atoms with Gasteiger partial charge in [0.25, 0.3) is 0 Å². The van der Waals surface area contributed by atoms with Crippen LogP contribution in [0.5, 0.6) is 0 Å². The fraction of sp³-hybridized carbons (Fsp3) is 0.750. The van der Waals surface area contributed by atoms with E-state index in [9.17, 15) is 13.2 Å². The summed E-state index contributed by atoms with van der Waals surface area (Å²) in [6, 6.07) is 0.0426. The van der Waals surface area contributed by atoms with Crippen LogP contribution in [0, 0.1) is 6.92 Å². The summed E-state index contributed by atoms with van der Waals surface area (Å²) in [7, 11) is -3.41. The number of hydrogen-bond acceptors (Lipinski definition) is 4. The predicted molar refractivity (Wildman–Crippen MR) is 87.7 cm³/mol. The molecular formula is C16H25N3O3S. The molecule has 1 saturated carbocycles. The lowest BCUT2D eigenvalue weighted by molar-refractivity contribution is -0.135. The first-order valence-electron chi connectivity index (χ1n) is 8.33. The van der Waals surface area contributed by atoms with Gasteiger partial charge in [0, 0.05) is 19.0 Å². The van der Waals surface area contributed by atoms with E-state index in [2.05, 4.69) is 5.10 Å². The van der Waals surface area contributed by atoms with Crippen LogP contribution in [0.25, 0.3) is 0 Å². The standard InChI is InChI=1S/C16H25N3O3S/c1-13-10-17-18(11-13)12-14-6-5-9-19(14)15(20)16(23(2,21)22)7-3-4-8-16/h10-11,14H,3-9,12H2,1-2H3/t14-/m0/s1. The van der Waals surface area contributed by atoms with Crippen LogP contribution < -0.4 is 0 Å². The molecule has 1 aliphatic heterocycles. The third-order valence-corrected chi connectivity index (χ3v) is 7.31. The van der Waals surface area contributed by atoms with E-state index in [0.29, 0.717) is 25.9 Å². The van der Waals surface area contributed by atoms with Crippen LogP contribution in [0.2, 0.25) is 0 Å². The molecule has 1 amide bonds. The maximum atomic E-state index is 13.1. The Morgan fingerprint density at radius 2 is 2.04 bits per heavy atom. The number of hydrogen-bond donors (Lipinski definition) is 0. The largest absolute Gasteiger partial charge is 0.336 e. The van der Waals surface area contributed by atoms with Crippen LogP contribution in [0.3, 0.4) is 0 Å². The van der Waals surface area contributed by atoms with Crippen LogP contribution in [0.1, 0.15) is 44.1 Å². The summed E-state index contributed by atoms with van der Waals surface area (Å²) >= 11 is 0. The van der Waals surface area contributed by atoms with Gasteiger partial charge < -0.3 is 4.90 Å². The average Bonchev–Trinajstić information content (AvgIpc) is 3.18. The molecule has 0 unspecified atom stereocenters. The van der Waals surface area contributed by atoms with Gasteiger partial charge >= 0.3 is 0 Å². The van der Waals surface area contributed by atoms with Crippen LogP contribution in [0.15, 0.2) is 12.4 Å². The van der Waals surface area contributed by atoms with Crippen molar-refractivity contribution >= 4 is 15.7 Å². The fourth-order valence-corrected chi connectivity index (χ4v) is 5.49. The first kappa shape index (κ1) is 16.5. The Kier molecular flexibility index (Phi) is 4.25. The Balaban J connectivity index is 1.82. The van der Waals surface area contributed by atoms with Gasteiger partial charge in [0.2, 0.25) is 5.91 Å². The van der Waals surface area contributed by atoms with Crippen molar-refractivity contribution in [3.8, 4) is 0 Å². The van der Waals surface area contributed by atoms with Crippen LogP contribution in [-0.4, -0.2) is 52.6 Å². The lowest BCUT2D eigenvalue weighted by Crippen LogP contribution is -2.54. The van der Waals surface area contributed by atoms with Gasteiger partial charge in [-0.2, -0.15) is 5.10 Å². The highest BCUT2D eigenvalue weighted by Gasteiger charge is 2.53. The third-order valence-electron chi connectivity index (χ3n) is 5.31. The van der Waals surface area contributed by atoms with Gasteiger partial charge in [0.05, 0.1) is 18.8 Å². The number of carbonyl (C=O) groups excluding carboxylic acids is 1. The Hall–Kier alpha value is -1.37. The first-order valence-corrected chi connectivity index (χ1v) is 10.2. The highest BCUT2D eigenvalue weighted by atomic mass is 32.2. The van der Waals surface area contributed by atoms with Crippen molar-refractivity contribution in [1.29, 1.82) is 0 Å². The van der Waals surface area contributed by atoms with Crippen molar-refractivity contribution in [2.75, 3.05) is 12.8 Å². The summed E-state index contributed by atoms with van der Waals surface area (Å²) in [5.74, 6) is -0.177. The quantitative estimate of drug-likeness (QED) is 0.834. The fourth-order valence-electron chi connectivity index (χ4n) is 4.03. The van der Waals surface area contributed by atoms with Gasteiger partial charge in [-0.25, -0.2) is 8.42 Å². The van der Waals surface area contributed by atoms with E-state index < -0.39 is 14.6 Å². The van der Waals surface area contributed by atoms with Crippen molar-refractivity contribution < 1.29 is 13.2 Å². The summed E-state index contributed by atoms with van der Waals surface area (Å²) in [4.78, 5) is 14.9. The topological polar surface area (TPSA) is 72.3 Å². The minimum absolute atomic E-state index is 0.0426. The summed E-state index contributed by atoms with van der Waals surface area (Å²) in [5, 5.41) is 4.30. The van der Waals surface area contributed by atoms with Gasteiger partial charge in [-0.05, 0) is 38.2 Å². The smallest absolute Gasteiger partial charge is 0.244 e. The normalized spacial score (nSPS) is 24.3. The maximum absolute atomic E-state index is 13.1. The van der Waals surface area contributed by atoms with Crippen molar-refractivity contribution in [3.63, 3.8) is 0 Å². The minimum atomic E-state index is -3.41. The molecule has 23 heavy (non-hydrogen) atoms. The number of carbonyl (C=O) groups is 1. The van der Waals surface area contributed by atoms with Crippen LogP contribution in [-0.2, 0) is 21.2 Å².